The van der Waals surface area contributed by atoms with Crippen LogP contribution < -0.4 is 5.73 Å². The van der Waals surface area contributed by atoms with Crippen molar-refractivity contribution in [3.8, 4) is 0 Å². The topological polar surface area (TPSA) is 64.7 Å². The summed E-state index contributed by atoms with van der Waals surface area (Å²) >= 11 is 1.52. The summed E-state index contributed by atoms with van der Waals surface area (Å²) in [6.45, 7) is 7.01. The van der Waals surface area contributed by atoms with Crippen molar-refractivity contribution in [1.29, 1.82) is 0 Å². The second-order valence-electron chi connectivity index (χ2n) is 6.45. The van der Waals surface area contributed by atoms with Crippen molar-refractivity contribution in [2.24, 2.45) is 11.3 Å². The van der Waals surface area contributed by atoms with Gasteiger partial charge in [-0.2, -0.15) is 9.97 Å². The maximum Gasteiger partial charge on any atom is 0.224 e. The van der Waals surface area contributed by atoms with Crippen molar-refractivity contribution in [2.45, 2.75) is 57.5 Å². The van der Waals surface area contributed by atoms with Crippen LogP contribution in [0, 0.1) is 11.3 Å². The van der Waals surface area contributed by atoms with Crippen molar-refractivity contribution in [1.82, 2.24) is 15.0 Å². The Morgan fingerprint density at radius 1 is 1.05 bits per heavy atom. The Balaban J connectivity index is 2.07. The number of nitrogens with zero attached hydrogens (tertiary/aromatic N) is 3. The minimum atomic E-state index is 0.354. The van der Waals surface area contributed by atoms with Gasteiger partial charge in [0, 0.05) is 5.92 Å². The van der Waals surface area contributed by atoms with Crippen molar-refractivity contribution in [2.75, 3.05) is 12.0 Å². The summed E-state index contributed by atoms with van der Waals surface area (Å²) in [6, 6.07) is 0. The van der Waals surface area contributed by atoms with Gasteiger partial charge in [-0.3, -0.25) is 0 Å². The third kappa shape index (κ3) is 3.59. The van der Waals surface area contributed by atoms with Crippen LogP contribution in [-0.4, -0.2) is 21.2 Å². The quantitative estimate of drug-likeness (QED) is 0.840. The van der Waals surface area contributed by atoms with Crippen LogP contribution in [0.4, 0.5) is 5.95 Å². The first-order valence-electron chi connectivity index (χ1n) is 6.95. The minimum absolute atomic E-state index is 0.354. The maximum atomic E-state index is 5.76. The van der Waals surface area contributed by atoms with E-state index in [2.05, 4.69) is 35.7 Å². The second-order valence-corrected chi connectivity index (χ2v) is 7.23. The number of anilines is 1. The molecule has 0 aromatic carbocycles. The Labute approximate surface area is 120 Å². The zero-order valence-electron chi connectivity index (χ0n) is 12.3. The van der Waals surface area contributed by atoms with Crippen LogP contribution in [0.3, 0.4) is 0 Å². The molecule has 0 spiro atoms. The molecule has 0 bridgehead atoms. The largest absolute Gasteiger partial charge is 0.368 e. The standard InChI is InChI=1S/C14H24N4S/c1-14(2,3)10-7-5-9(6-8-10)11-16-12(15)18-13(17-11)19-4/h9-10H,5-8H2,1-4H3,(H2,15,16,17,18). The Bertz CT molecular complexity index is 434. The normalized spacial score (nSPS) is 24.4. The predicted octanol–water partition coefficient (Wildman–Crippen LogP) is 3.50. The van der Waals surface area contributed by atoms with E-state index in [1.54, 1.807) is 0 Å². The number of thioether (sulfide) groups is 1. The molecule has 0 saturated heterocycles. The molecule has 1 aromatic heterocycles. The smallest absolute Gasteiger partial charge is 0.224 e. The lowest BCUT2D eigenvalue weighted by atomic mass is 9.70. The summed E-state index contributed by atoms with van der Waals surface area (Å²) in [5.74, 6) is 2.51. The molecule has 1 fully saturated rings. The summed E-state index contributed by atoms with van der Waals surface area (Å²) in [7, 11) is 0. The third-order valence-corrected chi connectivity index (χ3v) is 4.70. The molecule has 1 aliphatic rings. The molecule has 0 radical (unpaired) electrons. The number of rotatable bonds is 2. The number of hydrogen-bond acceptors (Lipinski definition) is 5. The summed E-state index contributed by atoms with van der Waals surface area (Å²) in [6.07, 6.45) is 6.82. The van der Waals surface area contributed by atoms with Gasteiger partial charge in [0.05, 0.1) is 0 Å². The van der Waals surface area contributed by atoms with E-state index < -0.39 is 0 Å². The van der Waals surface area contributed by atoms with E-state index in [9.17, 15) is 0 Å². The average Bonchev–Trinajstić information content (AvgIpc) is 2.37. The van der Waals surface area contributed by atoms with Crippen LogP contribution in [-0.2, 0) is 0 Å². The summed E-state index contributed by atoms with van der Waals surface area (Å²) in [5.41, 5.74) is 6.17. The molecule has 2 N–H and O–H groups in total. The molecule has 4 nitrogen and oxygen atoms in total. The lowest BCUT2D eigenvalue weighted by molar-refractivity contribution is 0.167. The average molecular weight is 280 g/mol. The first kappa shape index (κ1) is 14.6. The highest BCUT2D eigenvalue weighted by molar-refractivity contribution is 7.98. The van der Waals surface area contributed by atoms with Gasteiger partial charge in [-0.15, -0.1) is 0 Å². The fourth-order valence-electron chi connectivity index (χ4n) is 2.88. The maximum absolute atomic E-state index is 5.76. The Kier molecular flexibility index (Phi) is 4.33. The molecule has 0 amide bonds. The van der Waals surface area contributed by atoms with Gasteiger partial charge >= 0.3 is 0 Å². The lowest BCUT2D eigenvalue weighted by Crippen LogP contribution is -2.26. The molecule has 5 heteroatoms. The van der Waals surface area contributed by atoms with E-state index in [0.29, 0.717) is 17.3 Å². The molecule has 1 aromatic rings. The zero-order chi connectivity index (χ0) is 14.0. The van der Waals surface area contributed by atoms with Gasteiger partial charge in [0.2, 0.25) is 5.95 Å². The molecular formula is C14H24N4S. The zero-order valence-corrected chi connectivity index (χ0v) is 13.1. The van der Waals surface area contributed by atoms with Gasteiger partial charge in [-0.25, -0.2) is 4.98 Å². The van der Waals surface area contributed by atoms with Gasteiger partial charge in [0.1, 0.15) is 5.82 Å². The van der Waals surface area contributed by atoms with Crippen LogP contribution in [0.5, 0.6) is 0 Å². The fourth-order valence-corrected chi connectivity index (χ4v) is 3.25. The van der Waals surface area contributed by atoms with E-state index in [0.717, 1.165) is 16.9 Å². The molecule has 1 heterocycles. The van der Waals surface area contributed by atoms with Crippen molar-refractivity contribution in [3.63, 3.8) is 0 Å². The van der Waals surface area contributed by atoms with Crippen LogP contribution in [0.2, 0.25) is 0 Å². The van der Waals surface area contributed by atoms with Gasteiger partial charge in [-0.1, -0.05) is 32.5 Å². The Morgan fingerprint density at radius 2 is 1.68 bits per heavy atom. The van der Waals surface area contributed by atoms with Crippen molar-refractivity contribution >= 4 is 17.7 Å². The van der Waals surface area contributed by atoms with Crippen LogP contribution >= 0.6 is 11.8 Å². The fraction of sp³-hybridized carbons (Fsp3) is 0.786. The lowest BCUT2D eigenvalue weighted by Gasteiger charge is -2.36. The molecule has 106 valence electrons. The molecule has 0 atom stereocenters. The van der Waals surface area contributed by atoms with Crippen molar-refractivity contribution < 1.29 is 0 Å². The first-order chi connectivity index (χ1) is 8.90. The monoisotopic (exact) mass is 280 g/mol. The highest BCUT2D eigenvalue weighted by Crippen LogP contribution is 2.42. The minimum Gasteiger partial charge on any atom is -0.368 e. The summed E-state index contributed by atoms with van der Waals surface area (Å²) in [5, 5.41) is 0.737. The van der Waals surface area contributed by atoms with E-state index in [1.807, 2.05) is 6.26 Å². The van der Waals surface area contributed by atoms with Crippen LogP contribution in [0.25, 0.3) is 0 Å². The second kappa shape index (κ2) is 5.65. The molecule has 0 unspecified atom stereocenters. The number of hydrogen-bond donors (Lipinski definition) is 1. The van der Waals surface area contributed by atoms with E-state index in [-0.39, 0.29) is 0 Å². The Morgan fingerprint density at radius 3 is 2.21 bits per heavy atom. The highest BCUT2D eigenvalue weighted by atomic mass is 32.2. The van der Waals surface area contributed by atoms with Crippen LogP contribution in [0.1, 0.15) is 58.2 Å². The van der Waals surface area contributed by atoms with Crippen molar-refractivity contribution in [3.05, 3.63) is 5.82 Å². The van der Waals surface area contributed by atoms with E-state index in [1.165, 1.54) is 37.4 Å². The summed E-state index contributed by atoms with van der Waals surface area (Å²) in [4.78, 5) is 13.0. The summed E-state index contributed by atoms with van der Waals surface area (Å²) < 4.78 is 0. The Hall–Kier alpha value is -0.840. The highest BCUT2D eigenvalue weighted by Gasteiger charge is 2.31. The number of nitrogen functional groups attached to an aromatic ring is 1. The third-order valence-electron chi connectivity index (χ3n) is 4.15. The molecule has 19 heavy (non-hydrogen) atoms. The van der Waals surface area contributed by atoms with Gasteiger partial charge in [-0.05, 0) is 43.3 Å². The molecule has 0 aliphatic heterocycles. The predicted molar refractivity (Wildman–Crippen MR) is 80.2 cm³/mol. The number of aromatic nitrogens is 3. The van der Waals surface area contributed by atoms with Crippen LogP contribution in [0.15, 0.2) is 5.16 Å². The molecular weight excluding hydrogens is 256 g/mol. The molecule has 1 saturated carbocycles. The van der Waals surface area contributed by atoms with Gasteiger partial charge in [0.25, 0.3) is 0 Å². The van der Waals surface area contributed by atoms with E-state index >= 15 is 0 Å². The SMILES string of the molecule is CSc1nc(N)nc(C2CCC(C(C)(C)C)CC2)n1. The number of nitrogens with two attached hydrogens (primary N) is 1. The van der Waals surface area contributed by atoms with Gasteiger partial charge in [0.15, 0.2) is 5.16 Å². The first-order valence-corrected chi connectivity index (χ1v) is 8.18. The molecule has 1 aliphatic carbocycles. The van der Waals surface area contributed by atoms with E-state index in [4.69, 9.17) is 5.73 Å². The van der Waals surface area contributed by atoms with Gasteiger partial charge < -0.3 is 5.73 Å². The molecule has 2 rings (SSSR count).